The van der Waals surface area contributed by atoms with Crippen molar-refractivity contribution in [3.05, 3.63) is 22.4 Å². The molecule has 22 heavy (non-hydrogen) atoms. The van der Waals surface area contributed by atoms with Crippen LogP contribution in [0.5, 0.6) is 0 Å². The Kier molecular flexibility index (Phi) is 8.40. The molecule has 1 aliphatic rings. The molecule has 0 radical (unpaired) electrons. The Morgan fingerprint density at radius 1 is 1.41 bits per heavy atom. The zero-order chi connectivity index (χ0) is 15.1. The summed E-state index contributed by atoms with van der Waals surface area (Å²) in [5.74, 6) is -0.222. The Bertz CT molecular complexity index is 463. The van der Waals surface area contributed by atoms with Crippen LogP contribution in [0.4, 0.5) is 0 Å². The minimum absolute atomic E-state index is 0. The summed E-state index contributed by atoms with van der Waals surface area (Å²) in [5.41, 5.74) is 0. The third kappa shape index (κ3) is 5.92. The van der Waals surface area contributed by atoms with E-state index in [9.17, 15) is 9.59 Å². The quantitative estimate of drug-likeness (QED) is 0.775. The van der Waals surface area contributed by atoms with Crippen LogP contribution in [0.15, 0.2) is 17.5 Å². The minimum atomic E-state index is -0.113. The average Bonchev–Trinajstić information content (AvgIpc) is 3.01. The second kappa shape index (κ2) is 9.78. The highest BCUT2D eigenvalue weighted by Crippen LogP contribution is 2.10. The first kappa shape index (κ1) is 18.9. The first-order chi connectivity index (χ1) is 10.2. The second-order valence-corrected chi connectivity index (χ2v) is 6.03. The van der Waals surface area contributed by atoms with Gasteiger partial charge in [0.2, 0.25) is 5.91 Å². The Labute approximate surface area is 141 Å². The lowest BCUT2D eigenvalue weighted by atomic mass is 10.3. The van der Waals surface area contributed by atoms with Gasteiger partial charge in [0.15, 0.2) is 0 Å². The zero-order valence-electron chi connectivity index (χ0n) is 12.7. The van der Waals surface area contributed by atoms with E-state index in [0.29, 0.717) is 11.4 Å². The molecule has 2 rings (SSSR count). The van der Waals surface area contributed by atoms with Crippen LogP contribution in [0.3, 0.4) is 0 Å². The number of likely N-dealkylation sites (N-methyl/N-ethyl adjacent to an activating group) is 1. The molecule has 1 fully saturated rings. The summed E-state index contributed by atoms with van der Waals surface area (Å²) in [6.45, 7) is 5.63. The summed E-state index contributed by atoms with van der Waals surface area (Å²) in [4.78, 5) is 28.3. The van der Waals surface area contributed by atoms with E-state index in [0.717, 1.165) is 32.7 Å². The van der Waals surface area contributed by atoms with Crippen molar-refractivity contribution in [3.8, 4) is 0 Å². The van der Waals surface area contributed by atoms with Gasteiger partial charge in [-0.3, -0.25) is 14.5 Å². The van der Waals surface area contributed by atoms with Crippen LogP contribution >= 0.6 is 23.7 Å². The molecule has 1 aliphatic heterocycles. The van der Waals surface area contributed by atoms with E-state index < -0.39 is 0 Å². The summed E-state index contributed by atoms with van der Waals surface area (Å²) in [5, 5.41) is 8.02. The monoisotopic (exact) mass is 346 g/mol. The van der Waals surface area contributed by atoms with E-state index in [1.54, 1.807) is 13.1 Å². The lowest BCUT2D eigenvalue weighted by Gasteiger charge is -2.27. The smallest absolute Gasteiger partial charge is 0.264 e. The maximum Gasteiger partial charge on any atom is 0.264 e. The molecule has 124 valence electrons. The molecule has 2 N–H and O–H groups in total. The lowest BCUT2D eigenvalue weighted by molar-refractivity contribution is -0.121. The highest BCUT2D eigenvalue weighted by molar-refractivity contribution is 7.12. The predicted octanol–water partition coefficient (Wildman–Crippen LogP) is 0.263. The number of nitrogens with one attached hydrogen (secondary N) is 2. The van der Waals surface area contributed by atoms with Crippen LogP contribution in [0.25, 0.3) is 0 Å². The van der Waals surface area contributed by atoms with Gasteiger partial charge in [0.05, 0.1) is 11.4 Å². The van der Waals surface area contributed by atoms with Crippen molar-refractivity contribution in [2.45, 2.75) is 0 Å². The van der Waals surface area contributed by atoms with Gasteiger partial charge < -0.3 is 15.5 Å². The van der Waals surface area contributed by atoms with E-state index in [2.05, 4.69) is 15.5 Å². The molecular weight excluding hydrogens is 324 g/mol. The first-order valence-corrected chi connectivity index (χ1v) is 8.03. The molecule has 0 aliphatic carbocycles. The van der Waals surface area contributed by atoms with E-state index in [1.807, 2.05) is 11.4 Å². The third-order valence-corrected chi connectivity index (χ3v) is 4.28. The molecule has 0 bridgehead atoms. The van der Waals surface area contributed by atoms with Crippen LogP contribution in [0, 0.1) is 0 Å². The zero-order valence-corrected chi connectivity index (χ0v) is 14.3. The van der Waals surface area contributed by atoms with Gasteiger partial charge >= 0.3 is 0 Å². The van der Waals surface area contributed by atoms with Gasteiger partial charge in [-0.05, 0) is 11.4 Å². The number of carbonyl (C=O) groups excluding carboxylic acids is 2. The molecule has 0 saturated carbocycles. The molecule has 1 aromatic rings. The third-order valence-electron chi connectivity index (χ3n) is 3.42. The van der Waals surface area contributed by atoms with Crippen molar-refractivity contribution in [2.75, 3.05) is 52.9 Å². The standard InChI is InChI=1S/C14H22N4O2S.ClH/c1-17(14(20)12-3-2-10-21-12)11-13(19)16-6-9-18-7-4-15-5-8-18;/h2-3,10,15H,4-9,11H2,1H3,(H,16,19);1H. The van der Waals surface area contributed by atoms with E-state index in [-0.39, 0.29) is 30.8 Å². The van der Waals surface area contributed by atoms with Crippen LogP contribution in [-0.4, -0.2) is 74.5 Å². The molecule has 1 aromatic heterocycles. The number of piperazine rings is 1. The Morgan fingerprint density at radius 3 is 2.77 bits per heavy atom. The fraction of sp³-hybridized carbons (Fsp3) is 0.571. The molecule has 8 heteroatoms. The fourth-order valence-electron chi connectivity index (χ4n) is 2.22. The van der Waals surface area contributed by atoms with Gasteiger partial charge in [0.1, 0.15) is 0 Å². The molecule has 0 spiro atoms. The number of rotatable bonds is 6. The number of thiophene rings is 1. The number of halogens is 1. The summed E-state index contributed by atoms with van der Waals surface area (Å²) in [7, 11) is 1.65. The summed E-state index contributed by atoms with van der Waals surface area (Å²) in [6, 6.07) is 3.60. The van der Waals surface area contributed by atoms with Gasteiger partial charge in [-0.2, -0.15) is 0 Å². The molecular formula is C14H23ClN4O2S. The Hall–Kier alpha value is -1.15. The Morgan fingerprint density at radius 2 is 2.14 bits per heavy atom. The van der Waals surface area contributed by atoms with Gasteiger partial charge in [-0.1, -0.05) is 6.07 Å². The molecule has 0 aromatic carbocycles. The van der Waals surface area contributed by atoms with Gasteiger partial charge in [0.25, 0.3) is 5.91 Å². The highest BCUT2D eigenvalue weighted by atomic mass is 35.5. The predicted molar refractivity (Wildman–Crippen MR) is 90.8 cm³/mol. The van der Waals surface area contributed by atoms with Crippen LogP contribution < -0.4 is 10.6 Å². The topological polar surface area (TPSA) is 64.7 Å². The molecule has 2 amide bonds. The molecule has 6 nitrogen and oxygen atoms in total. The summed E-state index contributed by atoms with van der Waals surface area (Å²) in [6.07, 6.45) is 0. The van der Waals surface area contributed by atoms with Crippen molar-refractivity contribution in [1.82, 2.24) is 20.4 Å². The highest BCUT2D eigenvalue weighted by Gasteiger charge is 2.15. The maximum absolute atomic E-state index is 12.0. The number of nitrogens with zero attached hydrogens (tertiary/aromatic N) is 2. The van der Waals surface area contributed by atoms with E-state index in [1.165, 1.54) is 16.2 Å². The van der Waals surface area contributed by atoms with E-state index >= 15 is 0 Å². The van der Waals surface area contributed by atoms with Crippen molar-refractivity contribution in [1.29, 1.82) is 0 Å². The van der Waals surface area contributed by atoms with Crippen molar-refractivity contribution in [2.24, 2.45) is 0 Å². The van der Waals surface area contributed by atoms with Crippen LogP contribution in [0.1, 0.15) is 9.67 Å². The summed E-state index contributed by atoms with van der Waals surface area (Å²) < 4.78 is 0. The fourth-order valence-corrected chi connectivity index (χ4v) is 2.94. The van der Waals surface area contributed by atoms with Crippen LogP contribution in [0.2, 0.25) is 0 Å². The molecule has 2 heterocycles. The second-order valence-electron chi connectivity index (χ2n) is 5.08. The molecule has 0 unspecified atom stereocenters. The van der Waals surface area contributed by atoms with Crippen LogP contribution in [-0.2, 0) is 4.79 Å². The van der Waals surface area contributed by atoms with Gasteiger partial charge in [0, 0.05) is 46.3 Å². The molecule has 1 saturated heterocycles. The number of carbonyl (C=O) groups is 2. The first-order valence-electron chi connectivity index (χ1n) is 7.15. The summed E-state index contributed by atoms with van der Waals surface area (Å²) >= 11 is 1.39. The lowest BCUT2D eigenvalue weighted by Crippen LogP contribution is -2.47. The number of amides is 2. The molecule has 0 atom stereocenters. The number of hydrogen-bond donors (Lipinski definition) is 2. The minimum Gasteiger partial charge on any atom is -0.353 e. The number of hydrogen-bond acceptors (Lipinski definition) is 5. The maximum atomic E-state index is 12.0. The average molecular weight is 347 g/mol. The van der Waals surface area contributed by atoms with Crippen molar-refractivity contribution in [3.63, 3.8) is 0 Å². The van der Waals surface area contributed by atoms with Crippen molar-refractivity contribution >= 4 is 35.6 Å². The Balaban J connectivity index is 0.00000242. The normalized spacial score (nSPS) is 15.0. The van der Waals surface area contributed by atoms with E-state index in [4.69, 9.17) is 0 Å². The van der Waals surface area contributed by atoms with Crippen molar-refractivity contribution < 1.29 is 9.59 Å². The van der Waals surface area contributed by atoms with Gasteiger partial charge in [-0.15, -0.1) is 23.7 Å². The largest absolute Gasteiger partial charge is 0.353 e. The SMILES string of the molecule is CN(CC(=O)NCCN1CCNCC1)C(=O)c1cccs1.Cl. The van der Waals surface area contributed by atoms with Gasteiger partial charge in [-0.25, -0.2) is 0 Å².